The third-order valence-corrected chi connectivity index (χ3v) is 11.9. The molecule has 6 heterocycles. The van der Waals surface area contributed by atoms with Crippen LogP contribution in [0.3, 0.4) is 0 Å². The molecule has 9 rings (SSSR count). The van der Waals surface area contributed by atoms with Gasteiger partial charge in [-0.25, -0.2) is 8.78 Å². The van der Waals surface area contributed by atoms with Crippen LogP contribution in [0, 0.1) is 0 Å². The van der Waals surface area contributed by atoms with Gasteiger partial charge in [0.2, 0.25) is 11.8 Å². The van der Waals surface area contributed by atoms with E-state index in [9.17, 15) is 32.8 Å². The van der Waals surface area contributed by atoms with Gasteiger partial charge in [0.1, 0.15) is 11.7 Å². The summed E-state index contributed by atoms with van der Waals surface area (Å²) in [6.45, 7) is 5.11. The Morgan fingerprint density at radius 1 is 0.938 bits per heavy atom. The summed E-state index contributed by atoms with van der Waals surface area (Å²) >= 11 is 0. The first-order chi connectivity index (χ1) is 30.9. The van der Waals surface area contributed by atoms with Gasteiger partial charge in [0.25, 0.3) is 18.2 Å². The second-order valence-electron chi connectivity index (χ2n) is 16.5. The number of aromatic nitrogens is 3. The molecule has 0 bridgehead atoms. The zero-order valence-electron chi connectivity index (χ0n) is 35.9. The SMILES string of the molecule is CC(C)c1cc(N2CCCc3cc(-c4ccc(C(=O)NCc5cncc(-c6cccc7c6CN(C6CCC(=O)NC6=O)C7=O)c5)nc4)c(C(F)F)cc32)cc2c(C=O)c[nH]c12.CNC. The Labute approximate surface area is 368 Å². The van der Waals surface area contributed by atoms with E-state index in [1.165, 1.54) is 17.2 Å². The lowest BCUT2D eigenvalue weighted by Crippen LogP contribution is -2.52. The predicted molar refractivity (Wildman–Crippen MR) is 240 cm³/mol. The molecule has 64 heavy (non-hydrogen) atoms. The number of amides is 4. The molecule has 0 radical (unpaired) electrons. The van der Waals surface area contributed by atoms with Crippen molar-refractivity contribution in [3.63, 3.8) is 0 Å². The molecule has 3 aliphatic rings. The number of hydrogen-bond acceptors (Lipinski definition) is 9. The number of hydrogen-bond donors (Lipinski definition) is 4. The van der Waals surface area contributed by atoms with Gasteiger partial charge in [0.15, 0.2) is 6.29 Å². The van der Waals surface area contributed by atoms with Crippen LogP contribution < -0.4 is 20.9 Å². The molecule has 0 saturated carbocycles. The fourth-order valence-electron chi connectivity index (χ4n) is 8.87. The zero-order chi connectivity index (χ0) is 45.2. The van der Waals surface area contributed by atoms with Crippen molar-refractivity contribution in [3.05, 3.63) is 130 Å². The van der Waals surface area contributed by atoms with Gasteiger partial charge in [-0.3, -0.25) is 39.3 Å². The van der Waals surface area contributed by atoms with Gasteiger partial charge < -0.3 is 25.4 Å². The molecular weight excluding hydrogens is 819 g/mol. The molecule has 1 atom stereocenters. The fourth-order valence-corrected chi connectivity index (χ4v) is 8.87. The van der Waals surface area contributed by atoms with Crippen LogP contribution in [0.15, 0.2) is 85.5 Å². The normalized spacial score (nSPS) is 15.8. The van der Waals surface area contributed by atoms with Gasteiger partial charge in [-0.05, 0) is 115 Å². The number of aromatic amines is 1. The highest BCUT2D eigenvalue weighted by Gasteiger charge is 2.40. The Morgan fingerprint density at radius 3 is 2.45 bits per heavy atom. The van der Waals surface area contributed by atoms with E-state index >= 15 is 0 Å². The van der Waals surface area contributed by atoms with Gasteiger partial charge in [0.05, 0.1) is 0 Å². The minimum atomic E-state index is -2.78. The molecule has 3 aromatic heterocycles. The molecule has 15 heteroatoms. The maximum Gasteiger partial charge on any atom is 0.270 e. The average Bonchev–Trinajstić information content (AvgIpc) is 3.87. The minimum Gasteiger partial charge on any atom is -0.360 e. The maximum absolute atomic E-state index is 14.9. The zero-order valence-corrected chi connectivity index (χ0v) is 35.9. The lowest BCUT2D eigenvalue weighted by Gasteiger charge is -2.33. The minimum absolute atomic E-state index is 0.110. The molecule has 328 valence electrons. The molecule has 4 N–H and O–H groups in total. The van der Waals surface area contributed by atoms with Crippen LogP contribution in [-0.4, -0.2) is 76.4 Å². The van der Waals surface area contributed by atoms with Gasteiger partial charge in [-0.15, -0.1) is 0 Å². The summed E-state index contributed by atoms with van der Waals surface area (Å²) in [6.07, 6.45) is 6.39. The lowest BCUT2D eigenvalue weighted by molar-refractivity contribution is -0.136. The summed E-state index contributed by atoms with van der Waals surface area (Å²) in [5, 5.41) is 8.74. The maximum atomic E-state index is 14.9. The highest BCUT2D eigenvalue weighted by Crippen LogP contribution is 2.43. The van der Waals surface area contributed by atoms with Crippen LogP contribution in [0.2, 0.25) is 0 Å². The number of halogens is 2. The number of pyridine rings is 2. The molecule has 3 aromatic carbocycles. The molecule has 1 saturated heterocycles. The monoisotopic (exact) mass is 866 g/mol. The third-order valence-electron chi connectivity index (χ3n) is 11.9. The number of carbonyl (C=O) groups is 5. The van der Waals surface area contributed by atoms with Gasteiger partial charge in [-0.2, -0.15) is 0 Å². The van der Waals surface area contributed by atoms with Crippen LogP contribution in [0.4, 0.5) is 20.2 Å². The number of fused-ring (bicyclic) bond motifs is 3. The van der Waals surface area contributed by atoms with E-state index in [0.29, 0.717) is 46.5 Å². The van der Waals surface area contributed by atoms with Crippen molar-refractivity contribution in [1.29, 1.82) is 0 Å². The molecule has 0 spiro atoms. The second kappa shape index (κ2) is 18.3. The Kier molecular flexibility index (Phi) is 12.4. The lowest BCUT2D eigenvalue weighted by atomic mass is 9.91. The summed E-state index contributed by atoms with van der Waals surface area (Å²) in [6, 6.07) is 17.0. The van der Waals surface area contributed by atoms with E-state index in [-0.39, 0.29) is 54.9 Å². The van der Waals surface area contributed by atoms with E-state index in [0.717, 1.165) is 57.1 Å². The largest absolute Gasteiger partial charge is 0.360 e. The first kappa shape index (κ1) is 43.5. The van der Waals surface area contributed by atoms with Crippen molar-refractivity contribution < 1.29 is 32.8 Å². The van der Waals surface area contributed by atoms with Crippen LogP contribution in [-0.2, 0) is 29.1 Å². The number of alkyl halides is 2. The van der Waals surface area contributed by atoms with E-state index < -0.39 is 24.3 Å². The Hall–Kier alpha value is -7.13. The number of imide groups is 1. The Morgan fingerprint density at radius 2 is 1.73 bits per heavy atom. The van der Waals surface area contributed by atoms with Crippen molar-refractivity contribution in [2.75, 3.05) is 25.5 Å². The van der Waals surface area contributed by atoms with Crippen LogP contribution in [0.5, 0.6) is 0 Å². The number of carbonyl (C=O) groups excluding carboxylic acids is 5. The van der Waals surface area contributed by atoms with Crippen molar-refractivity contribution in [2.45, 2.75) is 71.0 Å². The van der Waals surface area contributed by atoms with Crippen molar-refractivity contribution in [2.24, 2.45) is 0 Å². The molecule has 6 aromatic rings. The average molecular weight is 867 g/mol. The van der Waals surface area contributed by atoms with Crippen molar-refractivity contribution >= 4 is 52.2 Å². The number of anilines is 2. The highest BCUT2D eigenvalue weighted by atomic mass is 19.3. The quantitative estimate of drug-likeness (QED) is 0.0794. The number of H-pyrrole nitrogens is 1. The molecule has 3 aliphatic heterocycles. The van der Waals surface area contributed by atoms with E-state index in [2.05, 4.69) is 55.7 Å². The number of aryl methyl sites for hydroxylation is 1. The van der Waals surface area contributed by atoms with Gasteiger partial charge >= 0.3 is 0 Å². The molecule has 1 fully saturated rings. The van der Waals surface area contributed by atoms with Gasteiger partial charge in [-0.1, -0.05) is 32.0 Å². The number of rotatable bonds is 10. The van der Waals surface area contributed by atoms with Crippen LogP contribution in [0.25, 0.3) is 33.2 Å². The standard InChI is InChI=1S/C47H41F2N7O5.C2H7N/c1-25(2)34-15-31(16-36-30(24-57)22-52-43(34)36)55-12-4-5-27-14-35(37(44(48)49)17-41(27)55)28-8-9-39(51-21-28)45(59)53-19-26-13-29(20-50-18-26)32-6-3-7-33-38(32)23-56(47(33)61)40-10-11-42(58)54-46(40)60;1-3-2/h3,6-9,13-18,20-22,24-25,40,44,52H,4-5,10-12,19,23H2,1-2H3,(H,53,59)(H,54,58,60);3H,1-2H3. The molecule has 13 nitrogen and oxygen atoms in total. The Bertz CT molecular complexity index is 2800. The van der Waals surface area contributed by atoms with Gasteiger partial charge in [0, 0.05) is 101 Å². The van der Waals surface area contributed by atoms with Crippen molar-refractivity contribution in [1.82, 2.24) is 35.8 Å². The molecule has 1 unspecified atom stereocenters. The Balaban J connectivity index is 0.00000182. The third kappa shape index (κ3) is 8.38. The first-order valence-electron chi connectivity index (χ1n) is 21.3. The number of nitrogens with zero attached hydrogens (tertiary/aromatic N) is 4. The summed E-state index contributed by atoms with van der Waals surface area (Å²) < 4.78 is 29.7. The smallest absolute Gasteiger partial charge is 0.270 e. The van der Waals surface area contributed by atoms with E-state index in [1.54, 1.807) is 48.9 Å². The van der Waals surface area contributed by atoms with Crippen LogP contribution >= 0.6 is 0 Å². The van der Waals surface area contributed by atoms with E-state index in [4.69, 9.17) is 0 Å². The van der Waals surface area contributed by atoms with E-state index in [1.807, 2.05) is 32.3 Å². The molecular formula is C49H48F2N8O5. The molecule has 0 aliphatic carbocycles. The fraction of sp³-hybridized carbons (Fsp3) is 0.286. The van der Waals surface area contributed by atoms with Crippen molar-refractivity contribution in [3.8, 4) is 22.3 Å². The number of nitrogens with one attached hydrogen (secondary N) is 4. The highest BCUT2D eigenvalue weighted by molar-refractivity contribution is 6.06. The first-order valence-corrected chi connectivity index (χ1v) is 21.3. The predicted octanol–water partition coefficient (Wildman–Crippen LogP) is 7.78. The summed E-state index contributed by atoms with van der Waals surface area (Å²) in [7, 11) is 3.75. The number of aldehydes is 1. The number of piperidine rings is 1. The van der Waals surface area contributed by atoms with Crippen LogP contribution in [0.1, 0.15) is 104 Å². The summed E-state index contributed by atoms with van der Waals surface area (Å²) in [5.41, 5.74) is 9.11. The summed E-state index contributed by atoms with van der Waals surface area (Å²) in [4.78, 5) is 78.4. The molecule has 4 amide bonds. The second-order valence-corrected chi connectivity index (χ2v) is 16.5. The topological polar surface area (TPSA) is 169 Å². The summed E-state index contributed by atoms with van der Waals surface area (Å²) in [5.74, 6) is -1.41. The number of benzene rings is 3.